The lowest BCUT2D eigenvalue weighted by Gasteiger charge is -2.15. The second-order valence-electron chi connectivity index (χ2n) is 9.31. The van der Waals surface area contributed by atoms with E-state index >= 15 is 0 Å². The van der Waals surface area contributed by atoms with Crippen molar-refractivity contribution in [2.45, 2.75) is 24.0 Å². The molecule has 0 bridgehead atoms. The van der Waals surface area contributed by atoms with Gasteiger partial charge >= 0.3 is 0 Å². The topological polar surface area (TPSA) is 106 Å². The highest BCUT2D eigenvalue weighted by molar-refractivity contribution is 8.00. The van der Waals surface area contributed by atoms with E-state index in [0.29, 0.717) is 40.6 Å². The van der Waals surface area contributed by atoms with Gasteiger partial charge in [-0.1, -0.05) is 48.5 Å². The van der Waals surface area contributed by atoms with E-state index in [0.717, 1.165) is 4.90 Å². The quantitative estimate of drug-likeness (QED) is 0.126. The molecule has 8 nitrogen and oxygen atoms in total. The minimum Gasteiger partial charge on any atom is -0.497 e. The predicted molar refractivity (Wildman–Crippen MR) is 172 cm³/mol. The van der Waals surface area contributed by atoms with Gasteiger partial charge in [0, 0.05) is 33.5 Å². The summed E-state index contributed by atoms with van der Waals surface area (Å²) in [6, 6.07) is 30.3. The number of methoxy groups -OCH3 is 1. The van der Waals surface area contributed by atoms with Crippen LogP contribution in [0.25, 0.3) is 6.08 Å². The van der Waals surface area contributed by atoms with E-state index in [1.54, 1.807) is 92.9 Å². The van der Waals surface area contributed by atoms with Crippen molar-refractivity contribution in [1.29, 1.82) is 0 Å². The molecule has 0 spiro atoms. The van der Waals surface area contributed by atoms with Gasteiger partial charge in [0.05, 0.1) is 19.0 Å². The van der Waals surface area contributed by atoms with E-state index in [-0.39, 0.29) is 11.6 Å². The summed E-state index contributed by atoms with van der Waals surface area (Å²) in [5.74, 6) is 0.132. The van der Waals surface area contributed by atoms with Crippen LogP contribution in [-0.4, -0.2) is 36.7 Å². The Kier molecular flexibility index (Phi) is 11.0. The van der Waals surface area contributed by atoms with Crippen molar-refractivity contribution in [3.05, 3.63) is 120 Å². The third-order valence-corrected chi connectivity index (χ3v) is 7.25. The molecule has 0 radical (unpaired) electrons. The van der Waals surface area contributed by atoms with Crippen LogP contribution in [0.3, 0.4) is 0 Å². The number of benzene rings is 4. The zero-order valence-electron chi connectivity index (χ0n) is 24.1. The summed E-state index contributed by atoms with van der Waals surface area (Å²) in [5.41, 5.74) is 2.25. The summed E-state index contributed by atoms with van der Waals surface area (Å²) >= 11 is 1.35. The number of ether oxygens (including phenoxy) is 2. The Bertz CT molecular complexity index is 1610. The van der Waals surface area contributed by atoms with Gasteiger partial charge in [-0.2, -0.15) is 0 Å². The Morgan fingerprint density at radius 2 is 1.53 bits per heavy atom. The Hall–Kier alpha value is -5.02. The van der Waals surface area contributed by atoms with Crippen molar-refractivity contribution < 1.29 is 23.9 Å². The van der Waals surface area contributed by atoms with Gasteiger partial charge in [0.2, 0.25) is 5.91 Å². The zero-order valence-corrected chi connectivity index (χ0v) is 24.9. The first-order chi connectivity index (χ1) is 20.9. The third-order valence-electron chi connectivity index (χ3n) is 6.16. The molecule has 4 aromatic rings. The molecule has 0 aromatic heterocycles. The van der Waals surface area contributed by atoms with Crippen molar-refractivity contribution in [3.63, 3.8) is 0 Å². The number of nitrogens with one attached hydrogen (secondary N) is 3. The van der Waals surface area contributed by atoms with Gasteiger partial charge in [0.1, 0.15) is 17.2 Å². The van der Waals surface area contributed by atoms with Crippen molar-refractivity contribution in [2.24, 2.45) is 0 Å². The fraction of sp³-hybridized carbons (Fsp3) is 0.147. The van der Waals surface area contributed by atoms with Crippen LogP contribution in [0.4, 0.5) is 11.4 Å². The summed E-state index contributed by atoms with van der Waals surface area (Å²) in [6.45, 7) is 4.13. The zero-order chi connectivity index (χ0) is 30.6. The fourth-order valence-corrected chi connectivity index (χ4v) is 4.96. The normalized spacial score (nSPS) is 11.7. The second kappa shape index (κ2) is 15.3. The molecule has 0 aliphatic carbocycles. The molecule has 0 fully saturated rings. The number of hydrogen-bond donors (Lipinski definition) is 3. The van der Waals surface area contributed by atoms with Gasteiger partial charge in [-0.15, -0.1) is 11.8 Å². The van der Waals surface area contributed by atoms with Crippen LogP contribution >= 0.6 is 11.8 Å². The van der Waals surface area contributed by atoms with Crippen LogP contribution in [0, 0.1) is 0 Å². The minimum atomic E-state index is -0.512. The molecule has 0 saturated carbocycles. The van der Waals surface area contributed by atoms with E-state index in [2.05, 4.69) is 16.0 Å². The number of carbonyl (C=O) groups is 3. The monoisotopic (exact) mass is 595 g/mol. The standard InChI is InChI=1S/C34H33N3O5S/c1-4-42-31-19-9-8-14-25(31)20-30(37-33(39)24-12-6-5-7-13-24)34(40)36-27-16-11-18-29(22-27)43-23(2)32(38)35-26-15-10-17-28(21-26)41-3/h5-23H,4H2,1-3H3,(H,35,38)(H,36,40)(H,37,39)/b30-20+. The molecule has 0 aliphatic rings. The molecule has 43 heavy (non-hydrogen) atoms. The first kappa shape index (κ1) is 30.9. The number of rotatable bonds is 12. The van der Waals surface area contributed by atoms with Gasteiger partial charge in [0.15, 0.2) is 0 Å². The van der Waals surface area contributed by atoms with Crippen LogP contribution in [0.5, 0.6) is 11.5 Å². The van der Waals surface area contributed by atoms with Crippen LogP contribution in [0.15, 0.2) is 114 Å². The van der Waals surface area contributed by atoms with Crippen molar-refractivity contribution in [2.75, 3.05) is 24.4 Å². The highest BCUT2D eigenvalue weighted by Gasteiger charge is 2.18. The molecule has 220 valence electrons. The highest BCUT2D eigenvalue weighted by atomic mass is 32.2. The maximum absolute atomic E-state index is 13.5. The fourth-order valence-electron chi connectivity index (χ4n) is 4.03. The molecule has 0 saturated heterocycles. The van der Waals surface area contributed by atoms with Gasteiger partial charge in [0.25, 0.3) is 11.8 Å². The van der Waals surface area contributed by atoms with Crippen molar-refractivity contribution in [1.82, 2.24) is 5.32 Å². The van der Waals surface area contributed by atoms with Gasteiger partial charge in [-0.05, 0) is 68.5 Å². The predicted octanol–water partition coefficient (Wildman–Crippen LogP) is 6.62. The van der Waals surface area contributed by atoms with Gasteiger partial charge in [-0.25, -0.2) is 0 Å². The Morgan fingerprint density at radius 1 is 0.837 bits per heavy atom. The first-order valence-corrected chi connectivity index (χ1v) is 14.6. The van der Waals surface area contributed by atoms with Crippen molar-refractivity contribution in [3.8, 4) is 11.5 Å². The smallest absolute Gasteiger partial charge is 0.272 e. The van der Waals surface area contributed by atoms with Crippen LogP contribution < -0.4 is 25.4 Å². The third kappa shape index (κ3) is 8.98. The molecule has 3 amide bonds. The maximum atomic E-state index is 13.5. The molecular weight excluding hydrogens is 562 g/mol. The lowest BCUT2D eigenvalue weighted by molar-refractivity contribution is -0.115. The first-order valence-electron chi connectivity index (χ1n) is 13.7. The summed E-state index contributed by atoms with van der Waals surface area (Å²) in [4.78, 5) is 40.2. The highest BCUT2D eigenvalue weighted by Crippen LogP contribution is 2.28. The largest absolute Gasteiger partial charge is 0.497 e. The Balaban J connectivity index is 1.50. The minimum absolute atomic E-state index is 0.0464. The molecule has 0 heterocycles. The SMILES string of the molecule is CCOc1ccccc1/C=C(/NC(=O)c1ccccc1)C(=O)Nc1cccc(SC(C)C(=O)Nc2cccc(OC)c2)c1. The lowest BCUT2D eigenvalue weighted by Crippen LogP contribution is -2.30. The average molecular weight is 596 g/mol. The second-order valence-corrected chi connectivity index (χ2v) is 10.7. The summed E-state index contributed by atoms with van der Waals surface area (Å²) in [7, 11) is 1.57. The molecule has 1 atom stereocenters. The van der Waals surface area contributed by atoms with E-state index in [4.69, 9.17) is 9.47 Å². The molecule has 4 rings (SSSR count). The molecular formula is C34H33N3O5S. The van der Waals surface area contributed by atoms with Crippen LogP contribution in [0.2, 0.25) is 0 Å². The van der Waals surface area contributed by atoms with Crippen LogP contribution in [0.1, 0.15) is 29.8 Å². The molecule has 1 unspecified atom stereocenters. The average Bonchev–Trinajstić information content (AvgIpc) is 3.02. The van der Waals surface area contributed by atoms with Crippen LogP contribution in [-0.2, 0) is 9.59 Å². The van der Waals surface area contributed by atoms with E-state index in [1.807, 2.05) is 37.3 Å². The molecule has 3 N–H and O–H groups in total. The lowest BCUT2D eigenvalue weighted by atomic mass is 10.1. The maximum Gasteiger partial charge on any atom is 0.272 e. The van der Waals surface area contributed by atoms with E-state index < -0.39 is 17.1 Å². The number of anilines is 2. The van der Waals surface area contributed by atoms with Gasteiger partial charge < -0.3 is 25.4 Å². The Labute approximate surface area is 255 Å². The summed E-state index contributed by atoms with van der Waals surface area (Å²) < 4.78 is 10.9. The van der Waals surface area contributed by atoms with Gasteiger partial charge in [-0.3, -0.25) is 14.4 Å². The number of para-hydroxylation sites is 1. The number of thioether (sulfide) groups is 1. The number of carbonyl (C=O) groups excluding carboxylic acids is 3. The summed E-state index contributed by atoms with van der Waals surface area (Å²) in [5, 5.41) is 8.10. The molecule has 9 heteroatoms. The number of hydrogen-bond acceptors (Lipinski definition) is 6. The molecule has 4 aromatic carbocycles. The number of amides is 3. The Morgan fingerprint density at radius 3 is 2.28 bits per heavy atom. The van der Waals surface area contributed by atoms with Crippen molar-refractivity contribution >= 4 is 46.9 Å². The molecule has 0 aliphatic heterocycles. The summed E-state index contributed by atoms with van der Waals surface area (Å²) in [6.07, 6.45) is 1.59. The van der Waals surface area contributed by atoms with E-state index in [1.165, 1.54) is 11.8 Å². The van der Waals surface area contributed by atoms with E-state index in [9.17, 15) is 14.4 Å².